The van der Waals surface area contributed by atoms with Crippen molar-refractivity contribution in [1.29, 1.82) is 0 Å². The molecule has 2 aliphatic carbocycles. The summed E-state index contributed by atoms with van der Waals surface area (Å²) < 4.78 is 0. The Morgan fingerprint density at radius 2 is 1.58 bits per heavy atom. The molecule has 2 nitrogen and oxygen atoms in total. The van der Waals surface area contributed by atoms with E-state index < -0.39 is 0 Å². The van der Waals surface area contributed by atoms with Gasteiger partial charge in [0, 0.05) is 24.6 Å². The van der Waals surface area contributed by atoms with Gasteiger partial charge in [-0.3, -0.25) is 0 Å². The molecule has 2 aliphatic rings. The summed E-state index contributed by atoms with van der Waals surface area (Å²) in [6.07, 6.45) is 13.4. The topological polar surface area (TPSA) is 23.5 Å². The van der Waals surface area contributed by atoms with Crippen LogP contribution in [0.3, 0.4) is 0 Å². The molecule has 0 amide bonds. The molecule has 0 aliphatic heterocycles. The summed E-state index contributed by atoms with van der Waals surface area (Å²) in [4.78, 5) is 2.58. The minimum Gasteiger partial charge on any atom is -0.396 e. The van der Waals surface area contributed by atoms with Crippen LogP contribution in [0.4, 0.5) is 0 Å². The number of aliphatic hydroxyl groups is 1. The highest BCUT2D eigenvalue weighted by molar-refractivity contribution is 4.88. The molecule has 0 aromatic heterocycles. The Kier molecular flexibility index (Phi) is 5.70. The smallest absolute Gasteiger partial charge is 0.0499 e. The maximum absolute atomic E-state index is 9.90. The molecule has 2 rings (SSSR count). The van der Waals surface area contributed by atoms with Crippen LogP contribution in [0.15, 0.2) is 0 Å². The van der Waals surface area contributed by atoms with Crippen molar-refractivity contribution < 1.29 is 5.11 Å². The van der Waals surface area contributed by atoms with E-state index in [1.807, 2.05) is 0 Å². The molecule has 0 bridgehead atoms. The van der Waals surface area contributed by atoms with Gasteiger partial charge in [-0.1, -0.05) is 45.4 Å². The van der Waals surface area contributed by atoms with E-state index in [1.54, 1.807) is 0 Å². The van der Waals surface area contributed by atoms with E-state index in [9.17, 15) is 5.11 Å². The SMILES string of the molecule is CC1CCC(CO)(CN(C)C2CCCCCC2)CC1. The Hall–Kier alpha value is -0.0800. The van der Waals surface area contributed by atoms with Crippen LogP contribution < -0.4 is 0 Å². The zero-order valence-corrected chi connectivity index (χ0v) is 13.0. The predicted octanol–water partition coefficient (Wildman–Crippen LogP) is 3.83. The molecule has 0 atom stereocenters. The first-order valence-corrected chi connectivity index (χ1v) is 8.46. The first kappa shape index (κ1) is 15.3. The lowest BCUT2D eigenvalue weighted by molar-refractivity contribution is 0.0228. The summed E-state index contributed by atoms with van der Waals surface area (Å²) in [6.45, 7) is 3.86. The zero-order valence-electron chi connectivity index (χ0n) is 13.0. The first-order chi connectivity index (χ1) is 9.15. The van der Waals surface area contributed by atoms with E-state index in [2.05, 4.69) is 18.9 Å². The third-order valence-corrected chi connectivity index (χ3v) is 5.70. The lowest BCUT2D eigenvalue weighted by Crippen LogP contribution is -2.44. The van der Waals surface area contributed by atoms with Gasteiger partial charge in [0.05, 0.1) is 0 Å². The molecule has 0 spiro atoms. The molecule has 0 aromatic rings. The molecule has 0 heterocycles. The van der Waals surface area contributed by atoms with Gasteiger partial charge < -0.3 is 10.0 Å². The maximum Gasteiger partial charge on any atom is 0.0499 e. The van der Waals surface area contributed by atoms with Gasteiger partial charge in [-0.15, -0.1) is 0 Å². The van der Waals surface area contributed by atoms with Gasteiger partial charge in [0.1, 0.15) is 0 Å². The highest BCUT2D eigenvalue weighted by atomic mass is 16.3. The standard InChI is InChI=1S/C17H33NO/c1-15-9-11-17(14-19,12-10-15)13-18(2)16-7-5-3-4-6-8-16/h15-16,19H,3-14H2,1-2H3. The second-order valence-electron chi connectivity index (χ2n) is 7.40. The Balaban J connectivity index is 1.89. The minimum absolute atomic E-state index is 0.202. The van der Waals surface area contributed by atoms with Gasteiger partial charge in [-0.2, -0.15) is 0 Å². The fourth-order valence-electron chi connectivity index (χ4n) is 4.10. The van der Waals surface area contributed by atoms with E-state index in [1.165, 1.54) is 64.2 Å². The molecular weight excluding hydrogens is 234 g/mol. The van der Waals surface area contributed by atoms with Crippen LogP contribution in [0.1, 0.15) is 71.1 Å². The second kappa shape index (κ2) is 7.08. The van der Waals surface area contributed by atoms with Crippen LogP contribution in [0.2, 0.25) is 0 Å². The fraction of sp³-hybridized carbons (Fsp3) is 1.00. The van der Waals surface area contributed by atoms with Gasteiger partial charge in [-0.25, -0.2) is 0 Å². The zero-order chi connectivity index (χ0) is 13.7. The molecular formula is C17H33NO. The summed E-state index contributed by atoms with van der Waals surface area (Å²) in [5, 5.41) is 9.90. The number of hydrogen-bond donors (Lipinski definition) is 1. The molecule has 112 valence electrons. The first-order valence-electron chi connectivity index (χ1n) is 8.46. The number of nitrogens with zero attached hydrogens (tertiary/aromatic N) is 1. The molecule has 0 unspecified atom stereocenters. The molecule has 19 heavy (non-hydrogen) atoms. The van der Waals surface area contributed by atoms with E-state index in [0.29, 0.717) is 6.61 Å². The van der Waals surface area contributed by atoms with Crippen LogP contribution >= 0.6 is 0 Å². The van der Waals surface area contributed by atoms with Crippen molar-refractivity contribution in [2.75, 3.05) is 20.2 Å². The molecule has 1 N–H and O–H groups in total. The summed E-state index contributed by atoms with van der Waals surface area (Å²) in [7, 11) is 2.30. The van der Waals surface area contributed by atoms with E-state index >= 15 is 0 Å². The molecule has 2 saturated carbocycles. The van der Waals surface area contributed by atoms with Crippen LogP contribution in [0.25, 0.3) is 0 Å². The Labute approximate surface area is 119 Å². The van der Waals surface area contributed by atoms with Crippen molar-refractivity contribution in [3.05, 3.63) is 0 Å². The Morgan fingerprint density at radius 3 is 2.11 bits per heavy atom. The highest BCUT2D eigenvalue weighted by Gasteiger charge is 2.35. The Morgan fingerprint density at radius 1 is 1.00 bits per heavy atom. The van der Waals surface area contributed by atoms with Gasteiger partial charge >= 0.3 is 0 Å². The summed E-state index contributed by atoms with van der Waals surface area (Å²) in [6, 6.07) is 0.769. The largest absolute Gasteiger partial charge is 0.396 e. The van der Waals surface area contributed by atoms with E-state index in [-0.39, 0.29) is 5.41 Å². The van der Waals surface area contributed by atoms with Crippen LogP contribution in [0.5, 0.6) is 0 Å². The average Bonchev–Trinajstić information content (AvgIpc) is 2.71. The van der Waals surface area contributed by atoms with Crippen molar-refractivity contribution in [3.8, 4) is 0 Å². The average molecular weight is 267 g/mol. The summed E-state index contributed by atoms with van der Waals surface area (Å²) >= 11 is 0. The van der Waals surface area contributed by atoms with Gasteiger partial charge in [-0.05, 0) is 38.6 Å². The Bertz CT molecular complexity index is 250. The van der Waals surface area contributed by atoms with Crippen LogP contribution in [-0.2, 0) is 0 Å². The van der Waals surface area contributed by atoms with E-state index in [4.69, 9.17) is 0 Å². The minimum atomic E-state index is 0.202. The number of aliphatic hydroxyl groups excluding tert-OH is 1. The van der Waals surface area contributed by atoms with Crippen LogP contribution in [0, 0.1) is 11.3 Å². The van der Waals surface area contributed by atoms with Gasteiger partial charge in [0.2, 0.25) is 0 Å². The third-order valence-electron chi connectivity index (χ3n) is 5.70. The number of hydrogen-bond acceptors (Lipinski definition) is 2. The van der Waals surface area contributed by atoms with Crippen LogP contribution in [-0.4, -0.2) is 36.2 Å². The van der Waals surface area contributed by atoms with Crippen molar-refractivity contribution >= 4 is 0 Å². The maximum atomic E-state index is 9.90. The normalized spacial score (nSPS) is 34.4. The van der Waals surface area contributed by atoms with Gasteiger partial charge in [0.15, 0.2) is 0 Å². The monoisotopic (exact) mass is 267 g/mol. The summed E-state index contributed by atoms with van der Waals surface area (Å²) in [5.74, 6) is 0.864. The second-order valence-corrected chi connectivity index (χ2v) is 7.40. The van der Waals surface area contributed by atoms with Crippen molar-refractivity contribution in [1.82, 2.24) is 4.90 Å². The van der Waals surface area contributed by atoms with Gasteiger partial charge in [0.25, 0.3) is 0 Å². The fourth-order valence-corrected chi connectivity index (χ4v) is 4.10. The van der Waals surface area contributed by atoms with Crippen molar-refractivity contribution in [2.45, 2.75) is 77.2 Å². The summed E-state index contributed by atoms with van der Waals surface area (Å²) in [5.41, 5.74) is 0.202. The van der Waals surface area contributed by atoms with Crippen molar-refractivity contribution in [3.63, 3.8) is 0 Å². The van der Waals surface area contributed by atoms with Crippen molar-refractivity contribution in [2.24, 2.45) is 11.3 Å². The molecule has 2 fully saturated rings. The third kappa shape index (κ3) is 4.19. The van der Waals surface area contributed by atoms with E-state index in [0.717, 1.165) is 18.5 Å². The molecule has 0 saturated heterocycles. The molecule has 0 radical (unpaired) electrons. The predicted molar refractivity (Wildman–Crippen MR) is 81.3 cm³/mol. The lowest BCUT2D eigenvalue weighted by Gasteiger charge is -2.42. The highest BCUT2D eigenvalue weighted by Crippen LogP contribution is 2.39. The molecule has 2 heteroatoms. The lowest BCUT2D eigenvalue weighted by atomic mass is 9.71. The molecule has 0 aromatic carbocycles. The quantitative estimate of drug-likeness (QED) is 0.783. The number of rotatable bonds is 4.